The number of anilines is 2. The predicted octanol–water partition coefficient (Wildman–Crippen LogP) is 6.75. The van der Waals surface area contributed by atoms with Gasteiger partial charge in [-0.2, -0.15) is 26.3 Å². The lowest BCUT2D eigenvalue weighted by Crippen LogP contribution is -2.47. The Balaban J connectivity index is 1.34. The molecule has 2 fully saturated rings. The number of aliphatic carboxylic acids is 1. The molecule has 4 aromatic rings. The molecule has 0 bridgehead atoms. The van der Waals surface area contributed by atoms with Crippen LogP contribution in [-0.4, -0.2) is 101 Å². The van der Waals surface area contributed by atoms with Crippen molar-refractivity contribution >= 4 is 28.6 Å². The number of aromatic nitrogens is 5. The number of carboxylic acids is 1. The van der Waals surface area contributed by atoms with Gasteiger partial charge in [-0.05, 0) is 50.1 Å². The number of ether oxygens (including phenoxy) is 1. The SMILES string of the molecule is COCC1(CN(C)c2cc(-c3cc(C(F)(F)F)cc(C(F)(F)F)c3)nc3nc(-c4cnc(N5CCN(CCCC(=O)O)CC5)cn4)[nH]c23)CCCC1. The van der Waals surface area contributed by atoms with Crippen molar-refractivity contribution < 1.29 is 41.0 Å². The summed E-state index contributed by atoms with van der Waals surface area (Å²) in [5, 5.41) is 8.90. The Morgan fingerprint density at radius 3 is 2.19 bits per heavy atom. The third-order valence-corrected chi connectivity index (χ3v) is 9.86. The molecule has 1 aliphatic carbocycles. The Hall–Kier alpha value is -4.51. The summed E-state index contributed by atoms with van der Waals surface area (Å²) < 4.78 is 88.5. The minimum Gasteiger partial charge on any atom is -0.481 e. The van der Waals surface area contributed by atoms with E-state index in [1.807, 2.05) is 11.9 Å². The van der Waals surface area contributed by atoms with E-state index in [1.165, 1.54) is 6.07 Å². The second-order valence-electron chi connectivity index (χ2n) is 13.7. The van der Waals surface area contributed by atoms with Crippen molar-refractivity contribution in [2.45, 2.75) is 50.9 Å². The zero-order chi connectivity index (χ0) is 37.3. The standard InChI is InChI=1S/C35H40F6N8O3/c1-47(20-33(21-52-2)7-3-4-8-33)27-17-25(22-14-23(34(36,37)38)16-24(15-22)35(39,40)41)44-32-30(27)45-31(46-32)26-18-43-28(19-42-26)49-12-10-48(11-13-49)9-5-6-29(50)51/h14-19H,3-13,20-21H2,1-2H3,(H,50,51)(H,44,45,46). The number of imidazole rings is 1. The number of hydrogen-bond donors (Lipinski definition) is 2. The zero-order valence-electron chi connectivity index (χ0n) is 28.8. The fourth-order valence-electron chi connectivity index (χ4n) is 7.27. The van der Waals surface area contributed by atoms with E-state index >= 15 is 0 Å². The number of piperazine rings is 1. The number of fused-ring (bicyclic) bond motifs is 1. The van der Waals surface area contributed by atoms with Gasteiger partial charge in [0.15, 0.2) is 11.5 Å². The molecule has 52 heavy (non-hydrogen) atoms. The molecule has 17 heteroatoms. The Morgan fingerprint density at radius 1 is 0.942 bits per heavy atom. The van der Waals surface area contributed by atoms with Crippen molar-refractivity contribution in [3.8, 4) is 22.8 Å². The number of pyridine rings is 1. The highest BCUT2D eigenvalue weighted by Crippen LogP contribution is 2.42. The van der Waals surface area contributed by atoms with Crippen molar-refractivity contribution in [1.82, 2.24) is 29.8 Å². The molecule has 0 amide bonds. The van der Waals surface area contributed by atoms with Gasteiger partial charge in [0.05, 0.1) is 41.5 Å². The Labute approximate surface area is 296 Å². The number of methoxy groups -OCH3 is 1. The lowest BCUT2D eigenvalue weighted by molar-refractivity contribution is -0.143. The molecular weight excluding hydrogens is 694 g/mol. The number of benzene rings is 1. The highest BCUT2D eigenvalue weighted by atomic mass is 19.4. The highest BCUT2D eigenvalue weighted by Gasteiger charge is 2.38. The highest BCUT2D eigenvalue weighted by molar-refractivity contribution is 5.91. The number of halogens is 6. The van der Waals surface area contributed by atoms with Crippen LogP contribution >= 0.6 is 0 Å². The van der Waals surface area contributed by atoms with E-state index in [0.29, 0.717) is 74.1 Å². The Bertz CT molecular complexity index is 1840. The largest absolute Gasteiger partial charge is 0.481 e. The first-order valence-corrected chi connectivity index (χ1v) is 17.1. The number of rotatable bonds is 12. The maximum absolute atomic E-state index is 13.8. The molecule has 0 radical (unpaired) electrons. The molecule has 1 aliphatic heterocycles. The van der Waals surface area contributed by atoms with Gasteiger partial charge in [-0.1, -0.05) is 12.8 Å². The molecule has 280 valence electrons. The second kappa shape index (κ2) is 14.8. The summed E-state index contributed by atoms with van der Waals surface area (Å²) in [6.07, 6.45) is -2.32. The molecule has 4 heterocycles. The summed E-state index contributed by atoms with van der Waals surface area (Å²) >= 11 is 0. The van der Waals surface area contributed by atoms with Gasteiger partial charge in [0.2, 0.25) is 0 Å². The monoisotopic (exact) mass is 734 g/mol. The molecule has 11 nitrogen and oxygen atoms in total. The molecule has 2 aliphatic rings. The molecule has 6 rings (SSSR count). The van der Waals surface area contributed by atoms with Crippen molar-refractivity contribution in [2.75, 3.05) is 69.8 Å². The smallest absolute Gasteiger partial charge is 0.416 e. The van der Waals surface area contributed by atoms with Gasteiger partial charge in [0, 0.05) is 64.3 Å². The third kappa shape index (κ3) is 8.41. The van der Waals surface area contributed by atoms with Gasteiger partial charge in [-0.15, -0.1) is 0 Å². The zero-order valence-corrected chi connectivity index (χ0v) is 28.8. The molecule has 0 unspecified atom stereocenters. The molecule has 3 aromatic heterocycles. The molecule has 0 spiro atoms. The number of carbonyl (C=O) groups is 1. The quantitative estimate of drug-likeness (QED) is 0.151. The Morgan fingerprint density at radius 2 is 1.62 bits per heavy atom. The van der Waals surface area contributed by atoms with Gasteiger partial charge in [-0.25, -0.2) is 19.9 Å². The van der Waals surface area contributed by atoms with Crippen LogP contribution in [0, 0.1) is 5.41 Å². The first-order valence-electron chi connectivity index (χ1n) is 17.1. The fraction of sp³-hybridized carbons (Fsp3) is 0.514. The first-order chi connectivity index (χ1) is 24.6. The van der Waals surface area contributed by atoms with Crippen LogP contribution in [0.5, 0.6) is 0 Å². The summed E-state index contributed by atoms with van der Waals surface area (Å²) in [5.74, 6) is 0.118. The minimum atomic E-state index is -5.02. The predicted molar refractivity (Wildman–Crippen MR) is 182 cm³/mol. The van der Waals surface area contributed by atoms with Crippen LogP contribution in [0.15, 0.2) is 36.7 Å². The normalized spacial score (nSPS) is 16.9. The molecule has 1 saturated carbocycles. The average molecular weight is 735 g/mol. The number of alkyl halides is 6. The number of aromatic amines is 1. The number of H-pyrrole nitrogens is 1. The number of carboxylic acid groups (broad SMARTS) is 1. The van der Waals surface area contributed by atoms with Crippen molar-refractivity contribution in [3.63, 3.8) is 0 Å². The maximum atomic E-state index is 13.8. The van der Waals surface area contributed by atoms with Crippen LogP contribution in [-0.2, 0) is 21.9 Å². The van der Waals surface area contributed by atoms with Crippen LogP contribution in [0.1, 0.15) is 49.7 Å². The van der Waals surface area contributed by atoms with Crippen molar-refractivity contribution in [2.24, 2.45) is 5.41 Å². The van der Waals surface area contributed by atoms with E-state index in [1.54, 1.807) is 19.5 Å². The lowest BCUT2D eigenvalue weighted by atomic mass is 9.86. The third-order valence-electron chi connectivity index (χ3n) is 9.86. The van der Waals surface area contributed by atoms with Gasteiger partial charge < -0.3 is 24.6 Å². The second-order valence-corrected chi connectivity index (χ2v) is 13.7. The van der Waals surface area contributed by atoms with Gasteiger partial charge >= 0.3 is 18.3 Å². The van der Waals surface area contributed by atoms with Gasteiger partial charge in [0.25, 0.3) is 0 Å². The molecule has 0 atom stereocenters. The average Bonchev–Trinajstić information content (AvgIpc) is 3.74. The van der Waals surface area contributed by atoms with Gasteiger partial charge in [0.1, 0.15) is 17.0 Å². The van der Waals surface area contributed by atoms with E-state index in [-0.39, 0.29) is 40.6 Å². The summed E-state index contributed by atoms with van der Waals surface area (Å²) in [6.45, 7) is 4.59. The number of nitrogens with one attached hydrogen (secondary N) is 1. The topological polar surface area (TPSA) is 124 Å². The summed E-state index contributed by atoms with van der Waals surface area (Å²) in [6, 6.07) is 2.93. The molecule has 1 aromatic carbocycles. The molecular formula is C35H40F6N8O3. The van der Waals surface area contributed by atoms with E-state index in [9.17, 15) is 31.1 Å². The lowest BCUT2D eigenvalue weighted by Gasteiger charge is -2.35. The van der Waals surface area contributed by atoms with Crippen molar-refractivity contribution in [1.29, 1.82) is 0 Å². The molecule has 2 N–H and O–H groups in total. The van der Waals surface area contributed by atoms with Crippen molar-refractivity contribution in [3.05, 3.63) is 47.8 Å². The van der Waals surface area contributed by atoms with Crippen LogP contribution in [0.2, 0.25) is 0 Å². The van der Waals surface area contributed by atoms with Crippen LogP contribution in [0.4, 0.5) is 37.8 Å². The van der Waals surface area contributed by atoms with Crippen LogP contribution in [0.3, 0.4) is 0 Å². The number of hydrogen-bond acceptors (Lipinski definition) is 9. The summed E-state index contributed by atoms with van der Waals surface area (Å²) in [4.78, 5) is 38.5. The summed E-state index contributed by atoms with van der Waals surface area (Å²) in [7, 11) is 3.45. The summed E-state index contributed by atoms with van der Waals surface area (Å²) in [5.41, 5.74) is -2.09. The first kappa shape index (κ1) is 37.3. The minimum absolute atomic E-state index is 0.0948. The van der Waals surface area contributed by atoms with Gasteiger partial charge in [-0.3, -0.25) is 9.69 Å². The van der Waals surface area contributed by atoms with Crippen LogP contribution < -0.4 is 9.80 Å². The van der Waals surface area contributed by atoms with E-state index in [4.69, 9.17) is 9.84 Å². The van der Waals surface area contributed by atoms with E-state index in [0.717, 1.165) is 38.8 Å². The van der Waals surface area contributed by atoms with Crippen LogP contribution in [0.25, 0.3) is 33.9 Å². The number of nitrogens with zero attached hydrogens (tertiary/aromatic N) is 7. The Kier molecular flexibility index (Phi) is 10.6. The maximum Gasteiger partial charge on any atom is 0.416 e. The molecule has 1 saturated heterocycles. The fourth-order valence-corrected chi connectivity index (χ4v) is 7.27. The van der Waals surface area contributed by atoms with E-state index in [2.05, 4.69) is 34.7 Å². The van der Waals surface area contributed by atoms with E-state index < -0.39 is 29.4 Å².